The van der Waals surface area contributed by atoms with Crippen LogP contribution in [0.4, 0.5) is 0 Å². The molecule has 1 heterocycles. The lowest BCUT2D eigenvalue weighted by Crippen LogP contribution is -2.43. The Bertz CT molecular complexity index is 593. The third kappa shape index (κ3) is 1.79. The van der Waals surface area contributed by atoms with E-state index in [2.05, 4.69) is 36.4 Å². The van der Waals surface area contributed by atoms with E-state index in [0.29, 0.717) is 13.2 Å². The SMILES string of the molecule is N#CC1(Cc2ccc3ccccc3c2)COC1. The first-order valence-electron chi connectivity index (χ1n) is 5.78. The molecule has 0 aliphatic carbocycles. The van der Waals surface area contributed by atoms with Crippen LogP contribution in [0, 0.1) is 16.7 Å². The molecule has 0 saturated carbocycles. The van der Waals surface area contributed by atoms with Gasteiger partial charge in [-0.15, -0.1) is 0 Å². The highest BCUT2D eigenvalue weighted by atomic mass is 16.5. The minimum Gasteiger partial charge on any atom is -0.378 e. The second-order valence-corrected chi connectivity index (χ2v) is 4.74. The van der Waals surface area contributed by atoms with Gasteiger partial charge < -0.3 is 4.74 Å². The van der Waals surface area contributed by atoms with Crippen molar-refractivity contribution in [2.24, 2.45) is 5.41 Å². The van der Waals surface area contributed by atoms with Gasteiger partial charge in [0.15, 0.2) is 0 Å². The fourth-order valence-corrected chi connectivity index (χ4v) is 2.29. The summed E-state index contributed by atoms with van der Waals surface area (Å²) in [7, 11) is 0. The van der Waals surface area contributed by atoms with Gasteiger partial charge in [0.2, 0.25) is 0 Å². The predicted octanol–water partition coefficient (Wildman–Crippen LogP) is 2.92. The summed E-state index contributed by atoms with van der Waals surface area (Å²) in [6.45, 7) is 1.13. The van der Waals surface area contributed by atoms with Gasteiger partial charge in [0.1, 0.15) is 5.41 Å². The van der Waals surface area contributed by atoms with Crippen LogP contribution in [0.1, 0.15) is 5.56 Å². The van der Waals surface area contributed by atoms with Crippen molar-refractivity contribution in [1.29, 1.82) is 5.26 Å². The lowest BCUT2D eigenvalue weighted by Gasteiger charge is -2.35. The Labute approximate surface area is 100 Å². The molecule has 0 spiro atoms. The molecule has 0 bridgehead atoms. The van der Waals surface area contributed by atoms with Gasteiger partial charge in [-0.3, -0.25) is 0 Å². The van der Waals surface area contributed by atoms with Crippen molar-refractivity contribution in [3.05, 3.63) is 48.0 Å². The van der Waals surface area contributed by atoms with Gasteiger partial charge in [0.25, 0.3) is 0 Å². The molecule has 2 heteroatoms. The number of hydrogen-bond acceptors (Lipinski definition) is 2. The van der Waals surface area contributed by atoms with E-state index in [1.165, 1.54) is 16.3 Å². The van der Waals surface area contributed by atoms with Crippen molar-refractivity contribution in [2.75, 3.05) is 13.2 Å². The predicted molar refractivity (Wildman–Crippen MR) is 66.5 cm³/mol. The summed E-state index contributed by atoms with van der Waals surface area (Å²) < 4.78 is 5.17. The quantitative estimate of drug-likeness (QED) is 0.784. The van der Waals surface area contributed by atoms with Gasteiger partial charge in [-0.25, -0.2) is 0 Å². The minimum absolute atomic E-state index is 0.289. The molecule has 0 atom stereocenters. The van der Waals surface area contributed by atoms with Crippen LogP contribution in [-0.2, 0) is 11.2 Å². The molecule has 84 valence electrons. The number of ether oxygens (including phenoxy) is 1. The molecular formula is C15H13NO. The standard InChI is InChI=1S/C15H13NO/c16-9-15(10-17-11-15)8-12-5-6-13-3-1-2-4-14(13)7-12/h1-7H,8,10-11H2. The molecule has 2 nitrogen and oxygen atoms in total. The van der Waals surface area contributed by atoms with Crippen LogP contribution < -0.4 is 0 Å². The van der Waals surface area contributed by atoms with Crippen molar-refractivity contribution in [1.82, 2.24) is 0 Å². The highest BCUT2D eigenvalue weighted by Gasteiger charge is 2.38. The molecule has 0 amide bonds. The van der Waals surface area contributed by atoms with E-state index < -0.39 is 0 Å². The summed E-state index contributed by atoms with van der Waals surface area (Å²) >= 11 is 0. The van der Waals surface area contributed by atoms with E-state index in [4.69, 9.17) is 4.74 Å². The first-order chi connectivity index (χ1) is 8.31. The van der Waals surface area contributed by atoms with Crippen LogP contribution in [0.15, 0.2) is 42.5 Å². The zero-order chi connectivity index (χ0) is 11.7. The summed E-state index contributed by atoms with van der Waals surface area (Å²) in [5, 5.41) is 11.7. The maximum atomic E-state index is 9.18. The number of rotatable bonds is 2. The van der Waals surface area contributed by atoms with E-state index in [1.54, 1.807) is 0 Å². The van der Waals surface area contributed by atoms with Crippen LogP contribution in [0.3, 0.4) is 0 Å². The van der Waals surface area contributed by atoms with Crippen molar-refractivity contribution < 1.29 is 4.74 Å². The second kappa shape index (κ2) is 3.87. The summed E-state index contributed by atoms with van der Waals surface area (Å²) in [6.07, 6.45) is 0.786. The van der Waals surface area contributed by atoms with Crippen molar-refractivity contribution in [3.8, 4) is 6.07 Å². The molecule has 0 aromatic heterocycles. The molecule has 2 aromatic carbocycles. The Morgan fingerprint density at radius 3 is 2.53 bits per heavy atom. The van der Waals surface area contributed by atoms with E-state index in [0.717, 1.165) is 6.42 Å². The van der Waals surface area contributed by atoms with E-state index in [9.17, 15) is 5.26 Å². The normalized spacial score (nSPS) is 17.4. The van der Waals surface area contributed by atoms with Crippen molar-refractivity contribution in [2.45, 2.75) is 6.42 Å². The average Bonchev–Trinajstić information content (AvgIpc) is 2.34. The lowest BCUT2D eigenvalue weighted by molar-refractivity contribution is -0.0765. The number of benzene rings is 2. The highest BCUT2D eigenvalue weighted by molar-refractivity contribution is 5.83. The first kappa shape index (κ1) is 10.3. The van der Waals surface area contributed by atoms with Crippen LogP contribution in [0.2, 0.25) is 0 Å². The maximum Gasteiger partial charge on any atom is 0.108 e. The Hall–Kier alpha value is -1.85. The van der Waals surface area contributed by atoms with E-state index >= 15 is 0 Å². The molecule has 3 rings (SSSR count). The molecule has 0 unspecified atom stereocenters. The molecule has 0 radical (unpaired) electrons. The second-order valence-electron chi connectivity index (χ2n) is 4.74. The Kier molecular flexibility index (Phi) is 2.35. The number of nitrogens with zero attached hydrogens (tertiary/aromatic N) is 1. The molecule has 1 saturated heterocycles. The minimum atomic E-state index is -0.289. The Morgan fingerprint density at radius 2 is 1.88 bits per heavy atom. The first-order valence-corrected chi connectivity index (χ1v) is 5.78. The maximum absolute atomic E-state index is 9.18. The monoisotopic (exact) mass is 223 g/mol. The van der Waals surface area contributed by atoms with Gasteiger partial charge in [0, 0.05) is 0 Å². The fraction of sp³-hybridized carbons (Fsp3) is 0.267. The van der Waals surface area contributed by atoms with Crippen LogP contribution >= 0.6 is 0 Å². The third-order valence-corrected chi connectivity index (χ3v) is 3.35. The topological polar surface area (TPSA) is 33.0 Å². The molecule has 1 fully saturated rings. The zero-order valence-electron chi connectivity index (χ0n) is 9.52. The molecule has 0 N–H and O–H groups in total. The third-order valence-electron chi connectivity index (χ3n) is 3.35. The lowest BCUT2D eigenvalue weighted by atomic mass is 9.81. The van der Waals surface area contributed by atoms with E-state index in [-0.39, 0.29) is 5.41 Å². The Morgan fingerprint density at radius 1 is 1.12 bits per heavy atom. The number of fused-ring (bicyclic) bond motifs is 1. The molecule has 17 heavy (non-hydrogen) atoms. The largest absolute Gasteiger partial charge is 0.378 e. The van der Waals surface area contributed by atoms with Crippen LogP contribution in [-0.4, -0.2) is 13.2 Å². The molecule has 2 aromatic rings. The molecular weight excluding hydrogens is 210 g/mol. The highest BCUT2D eigenvalue weighted by Crippen LogP contribution is 2.31. The smallest absolute Gasteiger partial charge is 0.108 e. The summed E-state index contributed by atoms with van der Waals surface area (Å²) in [5.41, 5.74) is 0.927. The molecule has 1 aliphatic rings. The van der Waals surface area contributed by atoms with Crippen molar-refractivity contribution >= 4 is 10.8 Å². The zero-order valence-corrected chi connectivity index (χ0v) is 9.52. The van der Waals surface area contributed by atoms with E-state index in [1.807, 2.05) is 12.1 Å². The van der Waals surface area contributed by atoms with Gasteiger partial charge >= 0.3 is 0 Å². The average molecular weight is 223 g/mol. The van der Waals surface area contributed by atoms with Gasteiger partial charge in [-0.05, 0) is 22.8 Å². The van der Waals surface area contributed by atoms with Crippen LogP contribution in [0.5, 0.6) is 0 Å². The number of nitriles is 1. The number of hydrogen-bond donors (Lipinski definition) is 0. The summed E-state index contributed by atoms with van der Waals surface area (Å²) in [5.74, 6) is 0. The van der Waals surface area contributed by atoms with Crippen molar-refractivity contribution in [3.63, 3.8) is 0 Å². The van der Waals surface area contributed by atoms with Crippen LogP contribution in [0.25, 0.3) is 10.8 Å². The fourth-order valence-electron chi connectivity index (χ4n) is 2.29. The van der Waals surface area contributed by atoms with Gasteiger partial charge in [0.05, 0.1) is 19.3 Å². The van der Waals surface area contributed by atoms with Gasteiger partial charge in [-0.1, -0.05) is 42.5 Å². The molecule has 1 aliphatic heterocycles. The van der Waals surface area contributed by atoms with Gasteiger partial charge in [-0.2, -0.15) is 5.26 Å². The summed E-state index contributed by atoms with van der Waals surface area (Å²) in [6, 6.07) is 17.1. The summed E-state index contributed by atoms with van der Waals surface area (Å²) in [4.78, 5) is 0. The Balaban J connectivity index is 1.94.